The van der Waals surface area contributed by atoms with Gasteiger partial charge in [0.1, 0.15) is 0 Å². The number of nitrogens with two attached hydrogens (primary N) is 1. The summed E-state index contributed by atoms with van der Waals surface area (Å²) in [6.45, 7) is 0.812. The molecule has 1 aliphatic rings. The summed E-state index contributed by atoms with van der Waals surface area (Å²) in [6.07, 6.45) is 2.18. The van der Waals surface area contributed by atoms with Crippen LogP contribution in [0.25, 0.3) is 0 Å². The molecule has 1 atom stereocenters. The fourth-order valence-corrected chi connectivity index (χ4v) is 1.99. The third kappa shape index (κ3) is 2.36. The first-order chi connectivity index (χ1) is 7.27. The van der Waals surface area contributed by atoms with Crippen molar-refractivity contribution >= 4 is 5.91 Å². The second-order valence-corrected chi connectivity index (χ2v) is 3.95. The standard InChI is InChI=1S/C12H16N2O/c13-11(14-8-4-7-12(14)15)9-10-5-2-1-3-6-10/h1-3,5-6,11H,4,7-9,13H2. The Balaban J connectivity index is 1.97. The van der Waals surface area contributed by atoms with Gasteiger partial charge in [-0.3, -0.25) is 4.79 Å². The van der Waals surface area contributed by atoms with Crippen LogP contribution in [0.4, 0.5) is 0 Å². The number of hydrogen-bond acceptors (Lipinski definition) is 2. The molecule has 1 heterocycles. The molecule has 80 valence electrons. The zero-order valence-corrected chi connectivity index (χ0v) is 8.73. The number of carbonyl (C=O) groups excluding carboxylic acids is 1. The van der Waals surface area contributed by atoms with Gasteiger partial charge in [-0.2, -0.15) is 0 Å². The van der Waals surface area contributed by atoms with E-state index in [9.17, 15) is 4.79 Å². The maximum Gasteiger partial charge on any atom is 0.223 e. The highest BCUT2D eigenvalue weighted by molar-refractivity contribution is 5.78. The smallest absolute Gasteiger partial charge is 0.223 e. The molecule has 1 amide bonds. The van der Waals surface area contributed by atoms with Crippen LogP contribution in [0.5, 0.6) is 0 Å². The topological polar surface area (TPSA) is 46.3 Å². The molecule has 2 rings (SSSR count). The quantitative estimate of drug-likeness (QED) is 0.802. The molecular formula is C12H16N2O. The van der Waals surface area contributed by atoms with Crippen LogP contribution < -0.4 is 5.73 Å². The fraction of sp³-hybridized carbons (Fsp3) is 0.417. The Kier molecular flexibility index (Phi) is 3.02. The summed E-state index contributed by atoms with van der Waals surface area (Å²) in [4.78, 5) is 13.2. The molecule has 1 saturated heterocycles. The van der Waals surface area contributed by atoms with Crippen LogP contribution in [0.3, 0.4) is 0 Å². The Morgan fingerprint density at radius 3 is 2.67 bits per heavy atom. The van der Waals surface area contributed by atoms with E-state index in [2.05, 4.69) is 0 Å². The monoisotopic (exact) mass is 204 g/mol. The predicted octanol–water partition coefficient (Wildman–Crippen LogP) is 1.14. The zero-order valence-electron chi connectivity index (χ0n) is 8.73. The Morgan fingerprint density at radius 2 is 2.07 bits per heavy atom. The molecule has 0 saturated carbocycles. The van der Waals surface area contributed by atoms with Crippen LogP contribution in [-0.4, -0.2) is 23.5 Å². The van der Waals surface area contributed by atoms with Crippen LogP contribution in [-0.2, 0) is 11.2 Å². The van der Waals surface area contributed by atoms with E-state index in [0.29, 0.717) is 6.42 Å². The lowest BCUT2D eigenvalue weighted by molar-refractivity contribution is -0.129. The highest BCUT2D eigenvalue weighted by atomic mass is 16.2. The number of amides is 1. The van der Waals surface area contributed by atoms with E-state index in [4.69, 9.17) is 5.73 Å². The van der Waals surface area contributed by atoms with Crippen molar-refractivity contribution in [3.8, 4) is 0 Å². The number of rotatable bonds is 3. The van der Waals surface area contributed by atoms with Crippen molar-refractivity contribution in [3.63, 3.8) is 0 Å². The highest BCUT2D eigenvalue weighted by Gasteiger charge is 2.25. The van der Waals surface area contributed by atoms with Crippen LogP contribution in [0.1, 0.15) is 18.4 Å². The Hall–Kier alpha value is -1.35. The number of likely N-dealkylation sites (tertiary alicyclic amines) is 1. The molecule has 1 aliphatic heterocycles. The van der Waals surface area contributed by atoms with Crippen molar-refractivity contribution < 1.29 is 4.79 Å². The minimum absolute atomic E-state index is 0.164. The minimum Gasteiger partial charge on any atom is -0.327 e. The van der Waals surface area contributed by atoms with Gasteiger partial charge in [0.25, 0.3) is 0 Å². The van der Waals surface area contributed by atoms with Gasteiger partial charge in [0.15, 0.2) is 0 Å². The van der Waals surface area contributed by atoms with Crippen molar-refractivity contribution in [2.75, 3.05) is 6.54 Å². The summed E-state index contributed by atoms with van der Waals surface area (Å²) in [5, 5.41) is 0. The Labute approximate surface area is 89.9 Å². The molecule has 0 aliphatic carbocycles. The molecule has 3 nitrogen and oxygen atoms in total. The third-order valence-electron chi connectivity index (χ3n) is 2.80. The van der Waals surface area contributed by atoms with Gasteiger partial charge in [0.05, 0.1) is 6.17 Å². The van der Waals surface area contributed by atoms with Gasteiger partial charge < -0.3 is 10.6 Å². The first kappa shape index (κ1) is 10.2. The lowest BCUT2D eigenvalue weighted by Crippen LogP contribution is -2.44. The maximum absolute atomic E-state index is 11.5. The molecule has 0 aromatic heterocycles. The SMILES string of the molecule is NC(Cc1ccccc1)N1CCCC1=O. The largest absolute Gasteiger partial charge is 0.327 e. The Morgan fingerprint density at radius 1 is 1.33 bits per heavy atom. The van der Waals surface area contributed by atoms with Crippen molar-refractivity contribution in [2.45, 2.75) is 25.4 Å². The summed E-state index contributed by atoms with van der Waals surface area (Å²) in [5.74, 6) is 0.193. The van der Waals surface area contributed by atoms with E-state index in [1.165, 1.54) is 5.56 Å². The van der Waals surface area contributed by atoms with Crippen LogP contribution >= 0.6 is 0 Å². The van der Waals surface area contributed by atoms with Crippen molar-refractivity contribution in [3.05, 3.63) is 35.9 Å². The van der Waals surface area contributed by atoms with E-state index >= 15 is 0 Å². The number of carbonyl (C=O) groups is 1. The molecule has 1 unspecified atom stereocenters. The van der Waals surface area contributed by atoms with Gasteiger partial charge in [-0.25, -0.2) is 0 Å². The summed E-state index contributed by atoms with van der Waals surface area (Å²) in [7, 11) is 0. The van der Waals surface area contributed by atoms with Gasteiger partial charge >= 0.3 is 0 Å². The minimum atomic E-state index is -0.164. The van der Waals surface area contributed by atoms with Gasteiger partial charge in [-0.05, 0) is 12.0 Å². The average Bonchev–Trinajstić information content (AvgIpc) is 2.66. The van der Waals surface area contributed by atoms with E-state index in [-0.39, 0.29) is 12.1 Å². The predicted molar refractivity (Wildman–Crippen MR) is 59.1 cm³/mol. The van der Waals surface area contributed by atoms with Gasteiger partial charge in [0, 0.05) is 19.4 Å². The van der Waals surface area contributed by atoms with E-state index in [1.54, 1.807) is 4.90 Å². The molecule has 2 N–H and O–H groups in total. The van der Waals surface area contributed by atoms with Crippen molar-refractivity contribution in [2.24, 2.45) is 5.73 Å². The van der Waals surface area contributed by atoms with Gasteiger partial charge in [0.2, 0.25) is 5.91 Å². The maximum atomic E-state index is 11.5. The van der Waals surface area contributed by atoms with E-state index < -0.39 is 0 Å². The normalized spacial score (nSPS) is 18.2. The average molecular weight is 204 g/mol. The first-order valence-electron chi connectivity index (χ1n) is 5.36. The fourth-order valence-electron chi connectivity index (χ4n) is 1.99. The molecule has 15 heavy (non-hydrogen) atoms. The summed E-state index contributed by atoms with van der Waals surface area (Å²) < 4.78 is 0. The summed E-state index contributed by atoms with van der Waals surface area (Å²) in [6, 6.07) is 10.1. The lowest BCUT2D eigenvalue weighted by atomic mass is 10.1. The molecule has 1 aromatic rings. The molecule has 3 heteroatoms. The molecule has 1 fully saturated rings. The molecule has 0 radical (unpaired) electrons. The van der Waals surface area contributed by atoms with Crippen molar-refractivity contribution in [1.82, 2.24) is 4.90 Å². The van der Waals surface area contributed by atoms with Gasteiger partial charge in [-0.1, -0.05) is 30.3 Å². The third-order valence-corrected chi connectivity index (χ3v) is 2.80. The number of hydrogen-bond donors (Lipinski definition) is 1. The van der Waals surface area contributed by atoms with Crippen LogP contribution in [0, 0.1) is 0 Å². The van der Waals surface area contributed by atoms with E-state index in [1.807, 2.05) is 30.3 Å². The lowest BCUT2D eigenvalue weighted by Gasteiger charge is -2.23. The Bertz CT molecular complexity index is 337. The zero-order chi connectivity index (χ0) is 10.7. The number of nitrogens with zero attached hydrogens (tertiary/aromatic N) is 1. The molecule has 0 bridgehead atoms. The van der Waals surface area contributed by atoms with Crippen LogP contribution in [0.15, 0.2) is 30.3 Å². The second-order valence-electron chi connectivity index (χ2n) is 3.95. The van der Waals surface area contributed by atoms with Crippen molar-refractivity contribution in [1.29, 1.82) is 0 Å². The molecule has 0 spiro atoms. The first-order valence-corrected chi connectivity index (χ1v) is 5.36. The molecule has 1 aromatic carbocycles. The number of benzene rings is 1. The highest BCUT2D eigenvalue weighted by Crippen LogP contribution is 2.13. The summed E-state index contributed by atoms with van der Waals surface area (Å²) in [5.41, 5.74) is 7.19. The summed E-state index contributed by atoms with van der Waals surface area (Å²) >= 11 is 0. The van der Waals surface area contributed by atoms with Gasteiger partial charge in [-0.15, -0.1) is 0 Å². The van der Waals surface area contributed by atoms with E-state index in [0.717, 1.165) is 19.4 Å². The van der Waals surface area contributed by atoms with Crippen LogP contribution in [0.2, 0.25) is 0 Å². The second kappa shape index (κ2) is 4.45. The molecular weight excluding hydrogens is 188 g/mol.